The van der Waals surface area contributed by atoms with Gasteiger partial charge < -0.3 is 4.74 Å². The lowest BCUT2D eigenvalue weighted by atomic mass is 10.2. The minimum absolute atomic E-state index is 0.0675. The number of ketones is 1. The number of Topliss-reactive ketones (excluding diaryl/α,β-unsaturated/α-hetero) is 1. The van der Waals surface area contributed by atoms with Crippen LogP contribution in [0.25, 0.3) is 0 Å². The topological polar surface area (TPSA) is 26.3 Å². The molecule has 16 heavy (non-hydrogen) atoms. The van der Waals surface area contributed by atoms with E-state index >= 15 is 0 Å². The van der Waals surface area contributed by atoms with Crippen molar-refractivity contribution in [3.63, 3.8) is 0 Å². The van der Waals surface area contributed by atoms with Crippen molar-refractivity contribution in [1.82, 2.24) is 0 Å². The summed E-state index contributed by atoms with van der Waals surface area (Å²) in [6.07, 6.45) is 0.390. The first-order valence-electron chi connectivity index (χ1n) is 5.23. The predicted molar refractivity (Wildman–Crippen MR) is 66.3 cm³/mol. The average molecular weight is 281 g/mol. The first-order valence-corrected chi connectivity index (χ1v) is 6.03. The van der Waals surface area contributed by atoms with E-state index in [1.54, 1.807) is 0 Å². The molecule has 0 bridgehead atoms. The smallest absolute Gasteiger partial charge is 0.172 e. The van der Waals surface area contributed by atoms with E-state index in [2.05, 4.69) is 15.9 Å². The molecule has 0 radical (unpaired) electrons. The van der Waals surface area contributed by atoms with Crippen LogP contribution in [0.1, 0.15) is 18.9 Å². The monoisotopic (exact) mass is 280 g/mol. The average Bonchev–Trinajstić information content (AvgIpc) is 2.56. The van der Waals surface area contributed by atoms with Gasteiger partial charge in [-0.15, -0.1) is 0 Å². The molecule has 0 saturated carbocycles. The van der Waals surface area contributed by atoms with Crippen molar-refractivity contribution in [3.8, 4) is 0 Å². The van der Waals surface area contributed by atoms with Crippen LogP contribution in [0.3, 0.4) is 0 Å². The fourth-order valence-corrected chi connectivity index (χ4v) is 2.14. The second kappa shape index (κ2) is 4.93. The number of benzene rings is 1. The summed E-state index contributed by atoms with van der Waals surface area (Å²) in [6, 6.07) is 9.98. The molecule has 2 nitrogen and oxygen atoms in total. The summed E-state index contributed by atoms with van der Waals surface area (Å²) < 4.78 is 6.42. The lowest BCUT2D eigenvalue weighted by molar-refractivity contribution is -0.115. The van der Waals surface area contributed by atoms with Gasteiger partial charge in [0.1, 0.15) is 0 Å². The summed E-state index contributed by atoms with van der Waals surface area (Å²) in [5.74, 6) is 0.135. The predicted octanol–water partition coefficient (Wildman–Crippen LogP) is 3.21. The van der Waals surface area contributed by atoms with Crippen molar-refractivity contribution in [3.05, 3.63) is 46.0 Å². The molecule has 1 atom stereocenters. The lowest BCUT2D eigenvalue weighted by Gasteiger charge is -2.12. The number of hydrogen-bond donors (Lipinski definition) is 0. The van der Waals surface area contributed by atoms with Gasteiger partial charge in [-0.05, 0) is 34.0 Å². The molecule has 0 saturated heterocycles. The highest BCUT2D eigenvalue weighted by Crippen LogP contribution is 2.30. The summed E-state index contributed by atoms with van der Waals surface area (Å²) >= 11 is 3.29. The molecule has 2 rings (SSSR count). The zero-order chi connectivity index (χ0) is 11.5. The Morgan fingerprint density at radius 1 is 1.38 bits per heavy atom. The standard InChI is InChI=1S/C13H13BrO2/c1-9-12(7-11(15)13(9)14)16-8-10-5-3-2-4-6-10/h2-6,12H,7-8H2,1H3/t12-/m0/s1. The second-order valence-corrected chi connectivity index (χ2v) is 4.70. The fourth-order valence-electron chi connectivity index (χ4n) is 1.73. The maximum atomic E-state index is 11.4. The van der Waals surface area contributed by atoms with E-state index in [9.17, 15) is 4.79 Å². The van der Waals surface area contributed by atoms with Gasteiger partial charge in [0.05, 0.1) is 17.2 Å². The maximum Gasteiger partial charge on any atom is 0.172 e. The van der Waals surface area contributed by atoms with Crippen molar-refractivity contribution < 1.29 is 9.53 Å². The van der Waals surface area contributed by atoms with Crippen LogP contribution in [-0.2, 0) is 16.1 Å². The van der Waals surface area contributed by atoms with E-state index in [0.29, 0.717) is 17.5 Å². The molecule has 3 heteroatoms. The Bertz CT molecular complexity index is 423. The van der Waals surface area contributed by atoms with E-state index in [4.69, 9.17) is 4.74 Å². The quantitative estimate of drug-likeness (QED) is 0.850. The van der Waals surface area contributed by atoms with Crippen LogP contribution in [0.4, 0.5) is 0 Å². The maximum absolute atomic E-state index is 11.4. The highest BCUT2D eigenvalue weighted by atomic mass is 79.9. The Labute approximate surface area is 103 Å². The second-order valence-electron chi connectivity index (χ2n) is 3.91. The first-order chi connectivity index (χ1) is 7.68. The SMILES string of the molecule is CC1=C(Br)C(=O)C[C@@H]1OCc1ccccc1. The van der Waals surface area contributed by atoms with Crippen molar-refractivity contribution in [2.24, 2.45) is 0 Å². The minimum atomic E-state index is -0.0675. The molecule has 84 valence electrons. The number of halogens is 1. The highest BCUT2D eigenvalue weighted by molar-refractivity contribution is 9.12. The van der Waals surface area contributed by atoms with Crippen LogP contribution in [0.15, 0.2) is 40.4 Å². The summed E-state index contributed by atoms with van der Waals surface area (Å²) in [5, 5.41) is 0. The van der Waals surface area contributed by atoms with Crippen LogP contribution in [-0.4, -0.2) is 11.9 Å². The lowest BCUT2D eigenvalue weighted by Crippen LogP contribution is -2.11. The van der Waals surface area contributed by atoms with E-state index in [1.165, 1.54) is 0 Å². The number of hydrogen-bond acceptors (Lipinski definition) is 2. The van der Waals surface area contributed by atoms with Crippen molar-refractivity contribution in [2.75, 3.05) is 0 Å². The molecule has 0 aliphatic heterocycles. The van der Waals surface area contributed by atoms with Crippen LogP contribution < -0.4 is 0 Å². The van der Waals surface area contributed by atoms with Crippen molar-refractivity contribution in [1.29, 1.82) is 0 Å². The zero-order valence-corrected chi connectivity index (χ0v) is 10.7. The molecule has 0 spiro atoms. The molecule has 0 aromatic heterocycles. The van der Waals surface area contributed by atoms with Gasteiger partial charge in [0.25, 0.3) is 0 Å². The molecule has 1 aromatic rings. The fraction of sp³-hybridized carbons (Fsp3) is 0.308. The normalized spacial score (nSPS) is 20.6. The molecular weight excluding hydrogens is 268 g/mol. The third-order valence-electron chi connectivity index (χ3n) is 2.74. The Balaban J connectivity index is 1.96. The molecule has 0 N–H and O–H groups in total. The molecule has 1 aliphatic rings. The Morgan fingerprint density at radius 2 is 2.06 bits per heavy atom. The van der Waals surface area contributed by atoms with E-state index in [0.717, 1.165) is 11.1 Å². The Kier molecular flexibility index (Phi) is 3.56. The molecule has 0 unspecified atom stereocenters. The van der Waals surface area contributed by atoms with Gasteiger partial charge in [0.15, 0.2) is 5.78 Å². The minimum Gasteiger partial charge on any atom is -0.369 e. The van der Waals surface area contributed by atoms with E-state index in [1.807, 2.05) is 37.3 Å². The van der Waals surface area contributed by atoms with Gasteiger partial charge in [-0.25, -0.2) is 0 Å². The summed E-state index contributed by atoms with van der Waals surface area (Å²) in [4.78, 5) is 11.4. The number of carbonyl (C=O) groups excluding carboxylic acids is 1. The molecule has 0 amide bonds. The van der Waals surface area contributed by atoms with Gasteiger partial charge >= 0.3 is 0 Å². The van der Waals surface area contributed by atoms with Gasteiger partial charge in [0.2, 0.25) is 0 Å². The van der Waals surface area contributed by atoms with E-state index < -0.39 is 0 Å². The van der Waals surface area contributed by atoms with Crippen LogP contribution in [0, 0.1) is 0 Å². The number of carbonyl (C=O) groups is 1. The first kappa shape index (κ1) is 11.6. The van der Waals surface area contributed by atoms with Gasteiger partial charge in [-0.2, -0.15) is 0 Å². The molecule has 1 aromatic carbocycles. The largest absolute Gasteiger partial charge is 0.369 e. The molecule has 0 heterocycles. The van der Waals surface area contributed by atoms with Crippen molar-refractivity contribution >= 4 is 21.7 Å². The summed E-state index contributed by atoms with van der Waals surface area (Å²) in [7, 11) is 0. The number of rotatable bonds is 3. The Morgan fingerprint density at radius 3 is 2.62 bits per heavy atom. The van der Waals surface area contributed by atoms with E-state index in [-0.39, 0.29) is 11.9 Å². The summed E-state index contributed by atoms with van der Waals surface area (Å²) in [5.41, 5.74) is 2.13. The summed E-state index contributed by atoms with van der Waals surface area (Å²) in [6.45, 7) is 2.49. The number of ether oxygens (including phenoxy) is 1. The third-order valence-corrected chi connectivity index (χ3v) is 3.81. The highest BCUT2D eigenvalue weighted by Gasteiger charge is 2.28. The van der Waals surface area contributed by atoms with Gasteiger partial charge in [-0.1, -0.05) is 30.3 Å². The number of allylic oxidation sites excluding steroid dienone is 1. The third kappa shape index (κ3) is 2.42. The Hall–Kier alpha value is -0.930. The van der Waals surface area contributed by atoms with Gasteiger partial charge in [0, 0.05) is 6.42 Å². The molecule has 1 aliphatic carbocycles. The zero-order valence-electron chi connectivity index (χ0n) is 9.07. The van der Waals surface area contributed by atoms with Crippen LogP contribution >= 0.6 is 15.9 Å². The van der Waals surface area contributed by atoms with Crippen LogP contribution in [0.5, 0.6) is 0 Å². The molecule has 0 fully saturated rings. The van der Waals surface area contributed by atoms with Crippen LogP contribution in [0.2, 0.25) is 0 Å². The van der Waals surface area contributed by atoms with Crippen molar-refractivity contribution in [2.45, 2.75) is 26.1 Å². The molecular formula is C13H13BrO2. The van der Waals surface area contributed by atoms with Gasteiger partial charge in [-0.3, -0.25) is 4.79 Å².